The van der Waals surface area contributed by atoms with Crippen LogP contribution in [0.25, 0.3) is 0 Å². The minimum absolute atomic E-state index is 0.142. The molecule has 0 radical (unpaired) electrons. The van der Waals surface area contributed by atoms with Gasteiger partial charge in [-0.1, -0.05) is 12.1 Å². The fourth-order valence-electron chi connectivity index (χ4n) is 2.38. The number of nitrogens with zero attached hydrogens (tertiary/aromatic N) is 1. The van der Waals surface area contributed by atoms with Gasteiger partial charge >= 0.3 is 0 Å². The van der Waals surface area contributed by atoms with Crippen LogP contribution >= 0.6 is 0 Å². The van der Waals surface area contributed by atoms with Crippen molar-refractivity contribution in [3.05, 3.63) is 29.8 Å². The summed E-state index contributed by atoms with van der Waals surface area (Å²) in [5.74, 6) is 0.858. The van der Waals surface area contributed by atoms with Gasteiger partial charge in [0.05, 0.1) is 6.61 Å². The summed E-state index contributed by atoms with van der Waals surface area (Å²) in [7, 11) is 0. The van der Waals surface area contributed by atoms with Gasteiger partial charge in [-0.25, -0.2) is 0 Å². The van der Waals surface area contributed by atoms with Crippen LogP contribution in [-0.2, 0) is 11.2 Å². The fraction of sp³-hybridized carbons (Fsp3) is 0.625. The molecular formula is C16H25NO3. The summed E-state index contributed by atoms with van der Waals surface area (Å²) >= 11 is 0. The molecule has 1 aromatic carbocycles. The molecule has 0 bridgehead atoms. The molecule has 0 aromatic heterocycles. The highest BCUT2D eigenvalue weighted by Gasteiger charge is 2.22. The Balaban J connectivity index is 1.79. The van der Waals surface area contributed by atoms with Crippen molar-refractivity contribution in [1.29, 1.82) is 0 Å². The Morgan fingerprint density at radius 2 is 2.10 bits per heavy atom. The van der Waals surface area contributed by atoms with Crippen LogP contribution in [0.4, 0.5) is 0 Å². The summed E-state index contributed by atoms with van der Waals surface area (Å²) in [5, 5.41) is 8.88. The molecule has 0 spiro atoms. The normalized spacial score (nSPS) is 20.3. The van der Waals surface area contributed by atoms with Gasteiger partial charge in [-0.3, -0.25) is 4.90 Å². The number of rotatable bonds is 6. The highest BCUT2D eigenvalue weighted by Crippen LogP contribution is 2.15. The van der Waals surface area contributed by atoms with Gasteiger partial charge in [0, 0.05) is 25.7 Å². The monoisotopic (exact) mass is 279 g/mol. The summed E-state index contributed by atoms with van der Waals surface area (Å²) < 4.78 is 11.5. The SMILES string of the molecule is CC(C)N1CCOC(COc2ccc(CCO)cc2)C1. The van der Waals surface area contributed by atoms with Gasteiger partial charge in [-0.15, -0.1) is 0 Å². The predicted octanol–water partition coefficient (Wildman–Crippen LogP) is 1.71. The van der Waals surface area contributed by atoms with Crippen LogP contribution < -0.4 is 4.74 Å². The molecule has 0 amide bonds. The van der Waals surface area contributed by atoms with Gasteiger partial charge in [-0.2, -0.15) is 0 Å². The molecule has 4 nitrogen and oxygen atoms in total. The van der Waals surface area contributed by atoms with E-state index in [-0.39, 0.29) is 12.7 Å². The average molecular weight is 279 g/mol. The number of hydrogen-bond donors (Lipinski definition) is 1. The van der Waals surface area contributed by atoms with Crippen molar-refractivity contribution in [2.75, 3.05) is 32.9 Å². The highest BCUT2D eigenvalue weighted by molar-refractivity contribution is 5.27. The van der Waals surface area contributed by atoms with E-state index in [1.807, 2.05) is 24.3 Å². The van der Waals surface area contributed by atoms with Crippen LogP contribution in [0.2, 0.25) is 0 Å². The van der Waals surface area contributed by atoms with Gasteiger partial charge in [0.25, 0.3) is 0 Å². The second-order valence-electron chi connectivity index (χ2n) is 5.51. The molecule has 1 unspecified atom stereocenters. The summed E-state index contributed by atoms with van der Waals surface area (Å²) in [6, 6.07) is 8.45. The topological polar surface area (TPSA) is 41.9 Å². The molecule has 1 atom stereocenters. The predicted molar refractivity (Wildman–Crippen MR) is 79.2 cm³/mol. The lowest BCUT2D eigenvalue weighted by molar-refractivity contribution is -0.0564. The zero-order valence-corrected chi connectivity index (χ0v) is 12.4. The molecule has 0 aliphatic carbocycles. The van der Waals surface area contributed by atoms with E-state index in [9.17, 15) is 0 Å². The summed E-state index contributed by atoms with van der Waals surface area (Å²) in [5.41, 5.74) is 1.12. The molecule has 1 heterocycles. The molecular weight excluding hydrogens is 254 g/mol. The molecule has 112 valence electrons. The van der Waals surface area contributed by atoms with Crippen LogP contribution in [0.1, 0.15) is 19.4 Å². The van der Waals surface area contributed by atoms with Crippen molar-refractivity contribution in [2.24, 2.45) is 0 Å². The number of aliphatic hydroxyl groups is 1. The van der Waals surface area contributed by atoms with Crippen LogP contribution in [0.15, 0.2) is 24.3 Å². The smallest absolute Gasteiger partial charge is 0.119 e. The van der Waals surface area contributed by atoms with Crippen molar-refractivity contribution in [3.63, 3.8) is 0 Å². The largest absolute Gasteiger partial charge is 0.491 e. The first-order chi connectivity index (χ1) is 9.69. The number of hydrogen-bond acceptors (Lipinski definition) is 4. The van der Waals surface area contributed by atoms with Gasteiger partial charge in [0.1, 0.15) is 18.5 Å². The van der Waals surface area contributed by atoms with E-state index < -0.39 is 0 Å². The van der Waals surface area contributed by atoms with Gasteiger partial charge in [0.15, 0.2) is 0 Å². The summed E-state index contributed by atoms with van der Waals surface area (Å²) in [4.78, 5) is 2.42. The molecule has 1 N–H and O–H groups in total. The Morgan fingerprint density at radius 3 is 2.75 bits per heavy atom. The van der Waals surface area contributed by atoms with Crippen molar-refractivity contribution in [1.82, 2.24) is 4.90 Å². The maximum absolute atomic E-state index is 8.88. The van der Waals surface area contributed by atoms with Crippen LogP contribution in [0, 0.1) is 0 Å². The molecule has 1 aliphatic rings. The lowest BCUT2D eigenvalue weighted by atomic mass is 10.1. The van der Waals surface area contributed by atoms with E-state index in [2.05, 4.69) is 18.7 Å². The number of benzene rings is 1. The minimum atomic E-state index is 0.142. The third kappa shape index (κ3) is 4.47. The molecule has 1 aliphatic heterocycles. The minimum Gasteiger partial charge on any atom is -0.491 e. The van der Waals surface area contributed by atoms with E-state index in [0.717, 1.165) is 31.0 Å². The van der Waals surface area contributed by atoms with E-state index in [1.54, 1.807) is 0 Å². The van der Waals surface area contributed by atoms with Crippen molar-refractivity contribution >= 4 is 0 Å². The molecule has 1 saturated heterocycles. The number of aliphatic hydroxyl groups excluding tert-OH is 1. The second kappa shape index (κ2) is 7.62. The lowest BCUT2D eigenvalue weighted by Gasteiger charge is -2.35. The Hall–Kier alpha value is -1.10. The van der Waals surface area contributed by atoms with E-state index in [0.29, 0.717) is 19.1 Å². The fourth-order valence-corrected chi connectivity index (χ4v) is 2.38. The molecule has 1 aromatic rings. The zero-order chi connectivity index (χ0) is 14.4. The Kier molecular flexibility index (Phi) is 5.83. The quantitative estimate of drug-likeness (QED) is 0.861. The van der Waals surface area contributed by atoms with Gasteiger partial charge in [-0.05, 0) is 38.0 Å². The average Bonchev–Trinajstić information content (AvgIpc) is 2.47. The number of morpholine rings is 1. The maximum atomic E-state index is 8.88. The van der Waals surface area contributed by atoms with Crippen molar-refractivity contribution < 1.29 is 14.6 Å². The maximum Gasteiger partial charge on any atom is 0.119 e. The Labute approximate surface area is 121 Å². The molecule has 0 saturated carbocycles. The van der Waals surface area contributed by atoms with Crippen molar-refractivity contribution in [2.45, 2.75) is 32.4 Å². The van der Waals surface area contributed by atoms with Gasteiger partial charge in [0.2, 0.25) is 0 Å². The van der Waals surface area contributed by atoms with Crippen LogP contribution in [0.3, 0.4) is 0 Å². The molecule has 4 heteroatoms. The van der Waals surface area contributed by atoms with Crippen LogP contribution in [0.5, 0.6) is 5.75 Å². The standard InChI is InChI=1S/C16H25NO3/c1-13(2)17-8-10-19-16(11-17)12-20-15-5-3-14(4-6-15)7-9-18/h3-6,13,16,18H,7-12H2,1-2H3. The second-order valence-corrected chi connectivity index (χ2v) is 5.51. The van der Waals surface area contributed by atoms with E-state index in [4.69, 9.17) is 14.6 Å². The molecule has 20 heavy (non-hydrogen) atoms. The lowest BCUT2D eigenvalue weighted by Crippen LogP contribution is -2.47. The Bertz CT molecular complexity index is 391. The zero-order valence-electron chi connectivity index (χ0n) is 12.4. The number of ether oxygens (including phenoxy) is 2. The first-order valence-electron chi connectivity index (χ1n) is 7.37. The summed E-state index contributed by atoms with van der Waals surface area (Å²) in [6.07, 6.45) is 0.832. The first-order valence-corrected chi connectivity index (χ1v) is 7.37. The Morgan fingerprint density at radius 1 is 1.35 bits per heavy atom. The molecule has 2 rings (SSSR count). The van der Waals surface area contributed by atoms with Crippen LogP contribution in [-0.4, -0.2) is 55.1 Å². The first kappa shape index (κ1) is 15.3. The van der Waals surface area contributed by atoms with E-state index >= 15 is 0 Å². The van der Waals surface area contributed by atoms with Crippen molar-refractivity contribution in [3.8, 4) is 5.75 Å². The van der Waals surface area contributed by atoms with Gasteiger partial charge < -0.3 is 14.6 Å². The highest BCUT2D eigenvalue weighted by atomic mass is 16.5. The summed E-state index contributed by atoms with van der Waals surface area (Å²) in [6.45, 7) is 7.90. The third-order valence-electron chi connectivity index (χ3n) is 3.66. The molecule has 1 fully saturated rings. The third-order valence-corrected chi connectivity index (χ3v) is 3.66. The van der Waals surface area contributed by atoms with E-state index in [1.165, 1.54) is 0 Å².